The van der Waals surface area contributed by atoms with Gasteiger partial charge in [0.05, 0.1) is 11.4 Å². The molecule has 26 heavy (non-hydrogen) atoms. The van der Waals surface area contributed by atoms with Crippen molar-refractivity contribution in [1.29, 1.82) is 0 Å². The number of hydrogen-bond donors (Lipinski definition) is 1. The van der Waals surface area contributed by atoms with Crippen LogP contribution >= 0.6 is 0 Å². The van der Waals surface area contributed by atoms with Crippen molar-refractivity contribution in [3.8, 4) is 0 Å². The second-order valence-corrected chi connectivity index (χ2v) is 8.06. The molecule has 0 atom stereocenters. The second kappa shape index (κ2) is 7.13. The maximum Gasteiger partial charge on any atom is 0.258 e. The Kier molecular flexibility index (Phi) is 4.90. The molecule has 0 bridgehead atoms. The van der Waals surface area contributed by atoms with Crippen LogP contribution in [-0.2, 0) is 16.4 Å². The summed E-state index contributed by atoms with van der Waals surface area (Å²) in [7, 11) is -3.40. The van der Waals surface area contributed by atoms with E-state index in [-0.39, 0.29) is 10.5 Å². The van der Waals surface area contributed by atoms with Crippen LogP contribution in [0.15, 0.2) is 65.8 Å². The minimum atomic E-state index is -3.40. The third kappa shape index (κ3) is 4.00. The molecule has 0 aliphatic carbocycles. The number of nitrogens with zero attached hydrogens (tertiary/aromatic N) is 2. The number of carbonyl (C=O) groups is 1. The molecule has 0 radical (unpaired) electrons. The molecule has 3 rings (SSSR count). The van der Waals surface area contributed by atoms with E-state index in [0.29, 0.717) is 18.1 Å². The van der Waals surface area contributed by atoms with Crippen LogP contribution in [0.25, 0.3) is 0 Å². The Bertz CT molecular complexity index is 1040. The van der Waals surface area contributed by atoms with Gasteiger partial charge in [-0.15, -0.1) is 0 Å². The molecule has 0 saturated carbocycles. The van der Waals surface area contributed by atoms with E-state index in [0.717, 1.165) is 11.8 Å². The van der Waals surface area contributed by atoms with Gasteiger partial charge in [0.1, 0.15) is 0 Å². The fraction of sp³-hybridized carbons (Fsp3) is 0.158. The summed E-state index contributed by atoms with van der Waals surface area (Å²) in [5.41, 5.74) is 1.95. The summed E-state index contributed by atoms with van der Waals surface area (Å²) in [5.74, 6) is -0.00394. The summed E-state index contributed by atoms with van der Waals surface area (Å²) >= 11 is 0. The Labute approximate surface area is 152 Å². The standard InChI is InChI=1S/C19H19N3O3S/c1-14-8-9-16(12-17(14)26(2,24)25)18(23)21-19-20-10-11-22(19)13-15-6-4-3-5-7-15/h3-12H,13H2,1-2H3,(H,20,21,23). The quantitative estimate of drug-likeness (QED) is 0.750. The number of sulfone groups is 1. The van der Waals surface area contributed by atoms with Crippen LogP contribution in [0.1, 0.15) is 21.5 Å². The van der Waals surface area contributed by atoms with Gasteiger partial charge in [0, 0.05) is 24.2 Å². The van der Waals surface area contributed by atoms with E-state index in [1.165, 1.54) is 6.07 Å². The lowest BCUT2D eigenvalue weighted by Gasteiger charge is -2.10. The fourth-order valence-electron chi connectivity index (χ4n) is 2.66. The van der Waals surface area contributed by atoms with Crippen molar-refractivity contribution >= 4 is 21.7 Å². The van der Waals surface area contributed by atoms with E-state index >= 15 is 0 Å². The summed E-state index contributed by atoms with van der Waals surface area (Å²) in [6.07, 6.45) is 4.51. The van der Waals surface area contributed by atoms with Crippen LogP contribution in [0, 0.1) is 6.92 Å². The highest BCUT2D eigenvalue weighted by molar-refractivity contribution is 7.90. The number of benzene rings is 2. The number of anilines is 1. The van der Waals surface area contributed by atoms with Crippen molar-refractivity contribution in [3.05, 3.63) is 77.6 Å². The molecule has 1 N–H and O–H groups in total. The van der Waals surface area contributed by atoms with Crippen LogP contribution in [0.4, 0.5) is 5.95 Å². The van der Waals surface area contributed by atoms with Gasteiger partial charge in [-0.25, -0.2) is 13.4 Å². The topological polar surface area (TPSA) is 81.1 Å². The third-order valence-electron chi connectivity index (χ3n) is 3.99. The lowest BCUT2D eigenvalue weighted by Crippen LogP contribution is -2.17. The molecule has 3 aromatic rings. The molecule has 0 fully saturated rings. The average molecular weight is 369 g/mol. The van der Waals surface area contributed by atoms with E-state index in [1.54, 1.807) is 31.5 Å². The minimum absolute atomic E-state index is 0.151. The highest BCUT2D eigenvalue weighted by atomic mass is 32.2. The van der Waals surface area contributed by atoms with Crippen molar-refractivity contribution in [3.63, 3.8) is 0 Å². The molecule has 0 saturated heterocycles. The number of aromatic nitrogens is 2. The average Bonchev–Trinajstić information content (AvgIpc) is 3.02. The monoisotopic (exact) mass is 369 g/mol. The molecule has 1 amide bonds. The number of hydrogen-bond acceptors (Lipinski definition) is 4. The van der Waals surface area contributed by atoms with Crippen LogP contribution < -0.4 is 5.32 Å². The molecular formula is C19H19N3O3S. The van der Waals surface area contributed by atoms with Gasteiger partial charge in [0.2, 0.25) is 5.95 Å². The van der Waals surface area contributed by atoms with Gasteiger partial charge in [0.25, 0.3) is 5.91 Å². The number of amides is 1. The Morgan fingerprint density at radius 2 is 1.88 bits per heavy atom. The van der Waals surface area contributed by atoms with Crippen LogP contribution in [0.2, 0.25) is 0 Å². The van der Waals surface area contributed by atoms with Gasteiger partial charge < -0.3 is 4.57 Å². The zero-order chi connectivity index (χ0) is 18.7. The Hall–Kier alpha value is -2.93. The van der Waals surface area contributed by atoms with E-state index in [4.69, 9.17) is 0 Å². The van der Waals surface area contributed by atoms with Crippen molar-refractivity contribution in [1.82, 2.24) is 9.55 Å². The Morgan fingerprint density at radius 1 is 1.15 bits per heavy atom. The van der Waals surface area contributed by atoms with Crippen molar-refractivity contribution in [2.24, 2.45) is 0 Å². The molecule has 134 valence electrons. The maximum atomic E-state index is 12.5. The van der Waals surface area contributed by atoms with Crippen molar-refractivity contribution in [2.75, 3.05) is 11.6 Å². The van der Waals surface area contributed by atoms with E-state index in [1.807, 2.05) is 34.9 Å². The highest BCUT2D eigenvalue weighted by Crippen LogP contribution is 2.18. The zero-order valence-electron chi connectivity index (χ0n) is 14.5. The van der Waals surface area contributed by atoms with Gasteiger partial charge in [0.15, 0.2) is 9.84 Å². The first-order valence-corrected chi connectivity index (χ1v) is 9.91. The first-order chi connectivity index (χ1) is 12.3. The largest absolute Gasteiger partial charge is 0.313 e. The van der Waals surface area contributed by atoms with Gasteiger partial charge in [-0.1, -0.05) is 36.4 Å². The Balaban J connectivity index is 1.83. The summed E-state index contributed by atoms with van der Waals surface area (Å²) in [6.45, 7) is 2.27. The van der Waals surface area contributed by atoms with Gasteiger partial charge in [-0.2, -0.15) is 0 Å². The Morgan fingerprint density at radius 3 is 2.58 bits per heavy atom. The number of rotatable bonds is 5. The normalized spacial score (nSPS) is 11.3. The van der Waals surface area contributed by atoms with Crippen LogP contribution in [0.3, 0.4) is 0 Å². The first kappa shape index (κ1) is 17.9. The van der Waals surface area contributed by atoms with Gasteiger partial charge >= 0.3 is 0 Å². The van der Waals surface area contributed by atoms with Gasteiger partial charge in [-0.3, -0.25) is 10.1 Å². The molecule has 1 aromatic heterocycles. The second-order valence-electron chi connectivity index (χ2n) is 6.07. The van der Waals surface area contributed by atoms with Crippen LogP contribution in [0.5, 0.6) is 0 Å². The third-order valence-corrected chi connectivity index (χ3v) is 5.23. The molecule has 2 aromatic carbocycles. The summed E-state index contributed by atoms with van der Waals surface area (Å²) < 4.78 is 25.5. The molecule has 0 aliphatic heterocycles. The smallest absolute Gasteiger partial charge is 0.258 e. The SMILES string of the molecule is Cc1ccc(C(=O)Nc2nccn2Cc2ccccc2)cc1S(C)(=O)=O. The highest BCUT2D eigenvalue weighted by Gasteiger charge is 2.16. The van der Waals surface area contributed by atoms with Crippen molar-refractivity contribution in [2.45, 2.75) is 18.4 Å². The predicted molar refractivity (Wildman–Crippen MR) is 100 cm³/mol. The molecule has 0 unspecified atom stereocenters. The number of imidazole rings is 1. The van der Waals surface area contributed by atoms with E-state index in [2.05, 4.69) is 10.3 Å². The van der Waals surface area contributed by atoms with Gasteiger partial charge in [-0.05, 0) is 30.2 Å². The fourth-order valence-corrected chi connectivity index (χ4v) is 3.65. The van der Waals surface area contributed by atoms with Crippen molar-refractivity contribution < 1.29 is 13.2 Å². The summed E-state index contributed by atoms with van der Waals surface area (Å²) in [6, 6.07) is 14.4. The molecule has 0 spiro atoms. The van der Waals surface area contributed by atoms with E-state index in [9.17, 15) is 13.2 Å². The lowest BCUT2D eigenvalue weighted by molar-refractivity contribution is 0.102. The molecular weight excluding hydrogens is 350 g/mol. The lowest BCUT2D eigenvalue weighted by atomic mass is 10.1. The number of carbonyl (C=O) groups excluding carboxylic acids is 1. The summed E-state index contributed by atoms with van der Waals surface area (Å²) in [4.78, 5) is 16.9. The predicted octanol–water partition coefficient (Wildman–Crippen LogP) is 2.90. The first-order valence-electron chi connectivity index (χ1n) is 8.02. The maximum absolute atomic E-state index is 12.5. The molecule has 6 nitrogen and oxygen atoms in total. The number of nitrogens with one attached hydrogen (secondary N) is 1. The molecule has 0 aliphatic rings. The van der Waals surface area contributed by atoms with E-state index < -0.39 is 15.7 Å². The number of aryl methyl sites for hydroxylation is 1. The zero-order valence-corrected chi connectivity index (χ0v) is 15.3. The molecule has 7 heteroatoms. The minimum Gasteiger partial charge on any atom is -0.313 e. The summed E-state index contributed by atoms with van der Waals surface area (Å²) in [5, 5.41) is 2.74. The van der Waals surface area contributed by atoms with Crippen LogP contribution in [-0.4, -0.2) is 30.1 Å². The molecule has 1 heterocycles.